The van der Waals surface area contributed by atoms with Gasteiger partial charge in [-0.2, -0.15) is 0 Å². The molecule has 1 aromatic rings. The third-order valence-corrected chi connectivity index (χ3v) is 2.93. The van der Waals surface area contributed by atoms with Gasteiger partial charge in [-0.3, -0.25) is 0 Å². The van der Waals surface area contributed by atoms with Gasteiger partial charge in [0.15, 0.2) is 0 Å². The zero-order valence-electron chi connectivity index (χ0n) is 11.5. The normalized spacial score (nSPS) is 11.1. The smallest absolute Gasteiger partial charge is 0.328 e. The minimum atomic E-state index is -0.888. The highest BCUT2D eigenvalue weighted by molar-refractivity contribution is 5.86. The van der Waals surface area contributed by atoms with Crippen LogP contribution in [0.15, 0.2) is 18.2 Å². The number of aryl methyl sites for hydroxylation is 3. The third kappa shape index (κ3) is 4.02. The third-order valence-electron chi connectivity index (χ3n) is 2.93. The van der Waals surface area contributed by atoms with E-state index in [1.54, 1.807) is 6.08 Å². The van der Waals surface area contributed by atoms with Crippen molar-refractivity contribution >= 4 is 12.0 Å². The number of benzene rings is 1. The molecule has 2 heteroatoms. The molecule has 0 aliphatic carbocycles. The van der Waals surface area contributed by atoms with E-state index in [4.69, 9.17) is 5.11 Å². The second-order valence-corrected chi connectivity index (χ2v) is 4.67. The van der Waals surface area contributed by atoms with Crippen molar-refractivity contribution < 1.29 is 9.90 Å². The van der Waals surface area contributed by atoms with E-state index in [0.717, 1.165) is 31.2 Å². The molecule has 0 bridgehead atoms. The Kier molecular flexibility index (Phi) is 5.63. The quantitative estimate of drug-likeness (QED) is 0.770. The standard InChI is InChI=1S/C16H22O2/c1-4-6-13-10-12(3)11-14(7-5-2)15(13)8-9-16(17)18/h8-11H,4-7H2,1-3H3,(H,17,18)/b9-8+. The van der Waals surface area contributed by atoms with Crippen molar-refractivity contribution in [2.75, 3.05) is 0 Å². The van der Waals surface area contributed by atoms with E-state index >= 15 is 0 Å². The van der Waals surface area contributed by atoms with E-state index < -0.39 is 5.97 Å². The van der Waals surface area contributed by atoms with Gasteiger partial charge in [-0.25, -0.2) is 4.79 Å². The summed E-state index contributed by atoms with van der Waals surface area (Å²) in [7, 11) is 0. The van der Waals surface area contributed by atoms with Gasteiger partial charge in [-0.1, -0.05) is 44.4 Å². The summed E-state index contributed by atoms with van der Waals surface area (Å²) in [5, 5.41) is 8.78. The van der Waals surface area contributed by atoms with Crippen LogP contribution in [-0.2, 0) is 17.6 Å². The van der Waals surface area contributed by atoms with Crippen LogP contribution in [0.4, 0.5) is 0 Å². The van der Waals surface area contributed by atoms with Gasteiger partial charge < -0.3 is 5.11 Å². The first-order chi connectivity index (χ1) is 8.58. The molecule has 98 valence electrons. The Balaban J connectivity index is 3.25. The van der Waals surface area contributed by atoms with E-state index in [-0.39, 0.29) is 0 Å². The van der Waals surface area contributed by atoms with Crippen LogP contribution in [0.2, 0.25) is 0 Å². The molecule has 1 aromatic carbocycles. The van der Waals surface area contributed by atoms with Crippen molar-refractivity contribution in [2.45, 2.75) is 46.5 Å². The molecule has 0 atom stereocenters. The molecule has 0 unspecified atom stereocenters. The molecule has 2 nitrogen and oxygen atoms in total. The minimum Gasteiger partial charge on any atom is -0.478 e. The monoisotopic (exact) mass is 246 g/mol. The first-order valence-electron chi connectivity index (χ1n) is 6.61. The highest BCUT2D eigenvalue weighted by Gasteiger charge is 2.07. The SMILES string of the molecule is CCCc1cc(C)cc(CCC)c1/C=C/C(=O)O. The van der Waals surface area contributed by atoms with Crippen molar-refractivity contribution in [3.8, 4) is 0 Å². The molecule has 0 saturated heterocycles. The van der Waals surface area contributed by atoms with Gasteiger partial charge in [-0.05, 0) is 42.5 Å². The number of aliphatic carboxylic acids is 1. The largest absolute Gasteiger partial charge is 0.478 e. The summed E-state index contributed by atoms with van der Waals surface area (Å²) in [5.41, 5.74) is 4.89. The maximum Gasteiger partial charge on any atom is 0.328 e. The predicted molar refractivity (Wildman–Crippen MR) is 75.8 cm³/mol. The summed E-state index contributed by atoms with van der Waals surface area (Å²) in [6, 6.07) is 4.34. The van der Waals surface area contributed by atoms with Crippen molar-refractivity contribution in [1.29, 1.82) is 0 Å². The van der Waals surface area contributed by atoms with E-state index in [1.165, 1.54) is 22.8 Å². The van der Waals surface area contributed by atoms with Crippen molar-refractivity contribution in [2.24, 2.45) is 0 Å². The Morgan fingerprint density at radius 3 is 2.06 bits per heavy atom. The Labute approximate surface area is 109 Å². The van der Waals surface area contributed by atoms with Crippen molar-refractivity contribution in [1.82, 2.24) is 0 Å². The number of rotatable bonds is 6. The van der Waals surface area contributed by atoms with Crippen LogP contribution in [0.25, 0.3) is 6.08 Å². The Morgan fingerprint density at radius 2 is 1.67 bits per heavy atom. The summed E-state index contributed by atoms with van der Waals surface area (Å²) in [6.45, 7) is 6.39. The lowest BCUT2D eigenvalue weighted by Gasteiger charge is -2.13. The summed E-state index contributed by atoms with van der Waals surface area (Å²) >= 11 is 0. The van der Waals surface area contributed by atoms with Crippen LogP contribution in [0.1, 0.15) is 48.9 Å². The zero-order chi connectivity index (χ0) is 13.5. The number of carbonyl (C=O) groups is 1. The molecular weight excluding hydrogens is 224 g/mol. The van der Waals surface area contributed by atoms with Crippen LogP contribution < -0.4 is 0 Å². The summed E-state index contributed by atoms with van der Waals surface area (Å²) in [5.74, 6) is -0.888. The molecular formula is C16H22O2. The summed E-state index contributed by atoms with van der Waals surface area (Å²) < 4.78 is 0. The highest BCUT2D eigenvalue weighted by Crippen LogP contribution is 2.22. The fourth-order valence-electron chi connectivity index (χ4n) is 2.27. The Bertz CT molecular complexity index is 417. The fourth-order valence-corrected chi connectivity index (χ4v) is 2.27. The minimum absolute atomic E-state index is 0.888. The lowest BCUT2D eigenvalue weighted by Crippen LogP contribution is -1.98. The van der Waals surface area contributed by atoms with Gasteiger partial charge in [0.05, 0.1) is 0 Å². The van der Waals surface area contributed by atoms with Crippen LogP contribution in [0, 0.1) is 6.92 Å². The second kappa shape index (κ2) is 7.00. The van der Waals surface area contributed by atoms with Gasteiger partial charge in [0.2, 0.25) is 0 Å². The van der Waals surface area contributed by atoms with Crippen LogP contribution in [0.5, 0.6) is 0 Å². The first kappa shape index (κ1) is 14.5. The van der Waals surface area contributed by atoms with Gasteiger partial charge in [0.25, 0.3) is 0 Å². The average Bonchev–Trinajstić information content (AvgIpc) is 2.28. The molecule has 0 aliphatic rings. The van der Waals surface area contributed by atoms with Crippen LogP contribution in [0.3, 0.4) is 0 Å². The van der Waals surface area contributed by atoms with E-state index in [9.17, 15) is 4.79 Å². The van der Waals surface area contributed by atoms with Gasteiger partial charge in [0, 0.05) is 6.08 Å². The highest BCUT2D eigenvalue weighted by atomic mass is 16.4. The molecule has 0 amide bonds. The number of hydrogen-bond donors (Lipinski definition) is 1. The van der Waals surface area contributed by atoms with E-state index in [1.807, 2.05) is 0 Å². The van der Waals surface area contributed by atoms with Crippen LogP contribution >= 0.6 is 0 Å². The zero-order valence-corrected chi connectivity index (χ0v) is 11.5. The molecule has 0 radical (unpaired) electrons. The molecule has 18 heavy (non-hydrogen) atoms. The Morgan fingerprint density at radius 1 is 1.17 bits per heavy atom. The number of hydrogen-bond acceptors (Lipinski definition) is 1. The van der Waals surface area contributed by atoms with E-state index in [0.29, 0.717) is 0 Å². The lowest BCUT2D eigenvalue weighted by atomic mass is 9.92. The second-order valence-electron chi connectivity index (χ2n) is 4.67. The molecule has 0 aromatic heterocycles. The van der Waals surface area contributed by atoms with Crippen LogP contribution in [-0.4, -0.2) is 11.1 Å². The van der Waals surface area contributed by atoms with Gasteiger partial charge >= 0.3 is 5.97 Å². The summed E-state index contributed by atoms with van der Waals surface area (Å²) in [6.07, 6.45) is 7.13. The number of carboxylic acids is 1. The Hall–Kier alpha value is -1.57. The molecule has 0 spiro atoms. The predicted octanol–water partition coefficient (Wildman–Crippen LogP) is 4.00. The topological polar surface area (TPSA) is 37.3 Å². The van der Waals surface area contributed by atoms with Crippen molar-refractivity contribution in [3.63, 3.8) is 0 Å². The summed E-state index contributed by atoms with van der Waals surface area (Å²) in [4.78, 5) is 10.7. The van der Waals surface area contributed by atoms with E-state index in [2.05, 4.69) is 32.9 Å². The first-order valence-corrected chi connectivity index (χ1v) is 6.61. The maximum absolute atomic E-state index is 10.7. The molecule has 1 N–H and O–H groups in total. The lowest BCUT2D eigenvalue weighted by molar-refractivity contribution is -0.131. The molecule has 0 heterocycles. The van der Waals surface area contributed by atoms with Gasteiger partial charge in [0.1, 0.15) is 0 Å². The van der Waals surface area contributed by atoms with Gasteiger partial charge in [-0.15, -0.1) is 0 Å². The van der Waals surface area contributed by atoms with Crippen molar-refractivity contribution in [3.05, 3.63) is 40.5 Å². The number of carboxylic acid groups (broad SMARTS) is 1. The maximum atomic E-state index is 10.7. The fraction of sp³-hybridized carbons (Fsp3) is 0.438. The molecule has 0 aliphatic heterocycles. The average molecular weight is 246 g/mol. The molecule has 1 rings (SSSR count). The molecule has 0 fully saturated rings. The molecule has 0 saturated carbocycles.